The fourth-order valence-corrected chi connectivity index (χ4v) is 2.84. The first-order valence-corrected chi connectivity index (χ1v) is 7.21. The minimum atomic E-state index is -3.59. The number of rotatable bonds is 7. The third-order valence-electron chi connectivity index (χ3n) is 2.27. The lowest BCUT2D eigenvalue weighted by molar-refractivity contribution is 0.133. The summed E-state index contributed by atoms with van der Waals surface area (Å²) in [6.45, 7) is 4.51. The summed E-state index contributed by atoms with van der Waals surface area (Å²) in [5, 5.41) is 2.83. The normalized spacial score (nSPS) is 13.3. The lowest BCUT2D eigenvalue weighted by Crippen LogP contribution is -2.36. The maximum atomic E-state index is 12.1. The molecule has 2 N–H and O–H groups in total. The molecule has 0 fully saturated rings. The summed E-state index contributed by atoms with van der Waals surface area (Å²) in [6.07, 6.45) is 2.86. The SMILES string of the molecule is CCOCC(C)NS(=O)(=O)c1cnccc1NC. The van der Waals surface area contributed by atoms with Crippen molar-refractivity contribution in [3.63, 3.8) is 0 Å². The van der Waals surface area contributed by atoms with E-state index in [9.17, 15) is 8.42 Å². The average Bonchev–Trinajstić information content (AvgIpc) is 2.35. The highest BCUT2D eigenvalue weighted by Gasteiger charge is 2.20. The minimum absolute atomic E-state index is 0.135. The maximum Gasteiger partial charge on any atom is 0.244 e. The van der Waals surface area contributed by atoms with E-state index in [4.69, 9.17) is 4.74 Å². The zero-order valence-electron chi connectivity index (χ0n) is 10.8. The topological polar surface area (TPSA) is 80.3 Å². The van der Waals surface area contributed by atoms with Gasteiger partial charge in [-0.3, -0.25) is 4.98 Å². The predicted molar refractivity (Wildman–Crippen MR) is 70.1 cm³/mol. The second-order valence-electron chi connectivity index (χ2n) is 3.80. The number of pyridine rings is 1. The molecule has 0 aliphatic heterocycles. The third-order valence-corrected chi connectivity index (χ3v) is 3.89. The zero-order chi connectivity index (χ0) is 13.6. The molecule has 0 bridgehead atoms. The Labute approximate surface area is 108 Å². The summed E-state index contributed by atoms with van der Waals surface area (Å²) < 4.78 is 32.0. The molecule has 1 aromatic rings. The largest absolute Gasteiger partial charge is 0.387 e. The van der Waals surface area contributed by atoms with Crippen molar-refractivity contribution in [3.05, 3.63) is 18.5 Å². The Morgan fingerprint density at radius 3 is 2.83 bits per heavy atom. The van der Waals surface area contributed by atoms with Crippen LogP contribution in [-0.4, -0.2) is 39.7 Å². The number of nitrogens with one attached hydrogen (secondary N) is 2. The Balaban J connectivity index is 2.86. The van der Waals surface area contributed by atoms with Gasteiger partial charge < -0.3 is 10.1 Å². The van der Waals surface area contributed by atoms with Gasteiger partial charge in [0.15, 0.2) is 0 Å². The van der Waals surface area contributed by atoms with E-state index in [0.29, 0.717) is 18.9 Å². The first-order valence-electron chi connectivity index (χ1n) is 5.73. The van der Waals surface area contributed by atoms with E-state index in [1.54, 1.807) is 20.0 Å². The summed E-state index contributed by atoms with van der Waals surface area (Å²) in [6, 6.07) is 1.32. The van der Waals surface area contributed by atoms with E-state index in [1.165, 1.54) is 12.4 Å². The van der Waals surface area contributed by atoms with Gasteiger partial charge in [0.25, 0.3) is 0 Å². The van der Waals surface area contributed by atoms with Crippen molar-refractivity contribution < 1.29 is 13.2 Å². The van der Waals surface area contributed by atoms with Gasteiger partial charge in [-0.1, -0.05) is 0 Å². The van der Waals surface area contributed by atoms with Crippen LogP contribution in [0.25, 0.3) is 0 Å². The van der Waals surface area contributed by atoms with Crippen molar-refractivity contribution in [2.24, 2.45) is 0 Å². The molecule has 1 atom stereocenters. The second-order valence-corrected chi connectivity index (χ2v) is 5.49. The maximum absolute atomic E-state index is 12.1. The summed E-state index contributed by atoms with van der Waals surface area (Å²) in [4.78, 5) is 3.97. The van der Waals surface area contributed by atoms with Crippen molar-refractivity contribution in [1.29, 1.82) is 0 Å². The minimum Gasteiger partial charge on any atom is -0.387 e. The molecule has 1 aromatic heterocycles. The summed E-state index contributed by atoms with van der Waals surface area (Å²) in [7, 11) is -1.92. The standard InChI is InChI=1S/C11H19N3O3S/c1-4-17-8-9(2)14-18(15,16)11-7-13-6-5-10(11)12-3/h5-7,9,14H,4,8H2,1-3H3,(H,12,13). The molecule has 0 amide bonds. The number of anilines is 1. The molecule has 1 rings (SSSR count). The number of sulfonamides is 1. The number of aromatic nitrogens is 1. The Morgan fingerprint density at radius 2 is 2.22 bits per heavy atom. The highest BCUT2D eigenvalue weighted by atomic mass is 32.2. The van der Waals surface area contributed by atoms with E-state index < -0.39 is 10.0 Å². The van der Waals surface area contributed by atoms with Gasteiger partial charge in [0.05, 0.1) is 12.3 Å². The van der Waals surface area contributed by atoms with Gasteiger partial charge in [0.2, 0.25) is 10.0 Å². The smallest absolute Gasteiger partial charge is 0.244 e. The molecular formula is C11H19N3O3S. The molecule has 7 heteroatoms. The molecular weight excluding hydrogens is 254 g/mol. The van der Waals surface area contributed by atoms with E-state index in [-0.39, 0.29) is 10.9 Å². The van der Waals surface area contributed by atoms with Crippen LogP contribution in [0.5, 0.6) is 0 Å². The van der Waals surface area contributed by atoms with E-state index in [0.717, 1.165) is 0 Å². The van der Waals surface area contributed by atoms with E-state index in [1.807, 2.05) is 6.92 Å². The highest BCUT2D eigenvalue weighted by molar-refractivity contribution is 7.89. The number of nitrogens with zero attached hydrogens (tertiary/aromatic N) is 1. The van der Waals surface area contributed by atoms with Crippen LogP contribution in [0.1, 0.15) is 13.8 Å². The van der Waals surface area contributed by atoms with Crippen LogP contribution in [0.2, 0.25) is 0 Å². The Bertz CT molecular complexity index is 476. The molecule has 0 radical (unpaired) electrons. The lowest BCUT2D eigenvalue weighted by atomic mass is 10.4. The molecule has 0 aliphatic carbocycles. The molecule has 0 aromatic carbocycles. The molecule has 0 saturated carbocycles. The fraction of sp³-hybridized carbons (Fsp3) is 0.545. The molecule has 1 unspecified atom stereocenters. The van der Waals surface area contributed by atoms with Crippen molar-refractivity contribution in [3.8, 4) is 0 Å². The molecule has 0 spiro atoms. The van der Waals surface area contributed by atoms with Gasteiger partial charge in [-0.15, -0.1) is 0 Å². The first kappa shape index (κ1) is 14.9. The number of ether oxygens (including phenoxy) is 1. The van der Waals surface area contributed by atoms with E-state index in [2.05, 4.69) is 15.0 Å². The van der Waals surface area contributed by atoms with Gasteiger partial charge in [-0.25, -0.2) is 13.1 Å². The monoisotopic (exact) mass is 273 g/mol. The van der Waals surface area contributed by atoms with E-state index >= 15 is 0 Å². The quantitative estimate of drug-likeness (QED) is 0.769. The van der Waals surface area contributed by atoms with Crippen LogP contribution < -0.4 is 10.0 Å². The summed E-state index contributed by atoms with van der Waals surface area (Å²) in [5.41, 5.74) is 0.515. The molecule has 18 heavy (non-hydrogen) atoms. The first-order chi connectivity index (χ1) is 8.51. The number of hydrogen-bond donors (Lipinski definition) is 2. The van der Waals surface area contributed by atoms with Crippen LogP contribution in [0, 0.1) is 0 Å². The van der Waals surface area contributed by atoms with Gasteiger partial charge in [-0.05, 0) is 19.9 Å². The van der Waals surface area contributed by atoms with Crippen LogP contribution in [0.4, 0.5) is 5.69 Å². The summed E-state index contributed by atoms with van der Waals surface area (Å²) >= 11 is 0. The van der Waals surface area contributed by atoms with Crippen LogP contribution >= 0.6 is 0 Å². The Kier molecular flexibility index (Phi) is 5.52. The van der Waals surface area contributed by atoms with Crippen LogP contribution in [-0.2, 0) is 14.8 Å². The zero-order valence-corrected chi connectivity index (χ0v) is 11.6. The van der Waals surface area contributed by atoms with Crippen molar-refractivity contribution in [2.45, 2.75) is 24.8 Å². The van der Waals surface area contributed by atoms with Crippen molar-refractivity contribution in [1.82, 2.24) is 9.71 Å². The Hall–Kier alpha value is -1.18. The van der Waals surface area contributed by atoms with Crippen LogP contribution in [0.3, 0.4) is 0 Å². The molecule has 0 saturated heterocycles. The van der Waals surface area contributed by atoms with Gasteiger partial charge in [0, 0.05) is 32.1 Å². The predicted octanol–water partition coefficient (Wildman–Crippen LogP) is 0.827. The fourth-order valence-electron chi connectivity index (χ4n) is 1.46. The van der Waals surface area contributed by atoms with Crippen molar-refractivity contribution >= 4 is 15.7 Å². The van der Waals surface area contributed by atoms with Crippen molar-refractivity contribution in [2.75, 3.05) is 25.6 Å². The van der Waals surface area contributed by atoms with Gasteiger partial charge in [0.1, 0.15) is 4.90 Å². The highest BCUT2D eigenvalue weighted by Crippen LogP contribution is 2.18. The average molecular weight is 273 g/mol. The molecule has 6 nitrogen and oxygen atoms in total. The van der Waals surface area contributed by atoms with Crippen LogP contribution in [0.15, 0.2) is 23.4 Å². The lowest BCUT2D eigenvalue weighted by Gasteiger charge is -2.15. The third kappa shape index (κ3) is 3.94. The number of hydrogen-bond acceptors (Lipinski definition) is 5. The molecule has 102 valence electrons. The van der Waals surface area contributed by atoms with Gasteiger partial charge >= 0.3 is 0 Å². The summed E-state index contributed by atoms with van der Waals surface area (Å²) in [5.74, 6) is 0. The Morgan fingerprint density at radius 1 is 1.50 bits per heavy atom. The van der Waals surface area contributed by atoms with Gasteiger partial charge in [-0.2, -0.15) is 0 Å². The molecule has 1 heterocycles. The molecule has 0 aliphatic rings. The second kappa shape index (κ2) is 6.67.